The standard InChI is InChI=1S/C13H18BrF2N/c1-5-13(2,3)17(4)8-9-11(15)7-6-10(14)12(9)16/h6-7H,5,8H2,1-4H3. The lowest BCUT2D eigenvalue weighted by Crippen LogP contribution is -2.40. The summed E-state index contributed by atoms with van der Waals surface area (Å²) < 4.78 is 27.7. The highest BCUT2D eigenvalue weighted by Gasteiger charge is 2.23. The van der Waals surface area contributed by atoms with Crippen molar-refractivity contribution in [2.45, 2.75) is 39.3 Å². The average Bonchev–Trinajstić information content (AvgIpc) is 2.29. The molecule has 0 fully saturated rings. The van der Waals surface area contributed by atoms with Crippen LogP contribution < -0.4 is 0 Å². The van der Waals surface area contributed by atoms with Gasteiger partial charge in [0.1, 0.15) is 11.6 Å². The van der Waals surface area contributed by atoms with E-state index >= 15 is 0 Å². The Morgan fingerprint density at radius 2 is 1.88 bits per heavy atom. The fraction of sp³-hybridized carbons (Fsp3) is 0.538. The zero-order valence-corrected chi connectivity index (χ0v) is 12.2. The van der Waals surface area contributed by atoms with E-state index in [1.807, 2.05) is 11.9 Å². The lowest BCUT2D eigenvalue weighted by Gasteiger charge is -2.35. The molecular formula is C13H18BrF2N. The number of rotatable bonds is 4. The van der Waals surface area contributed by atoms with Gasteiger partial charge in [0.05, 0.1) is 4.47 Å². The molecule has 0 heterocycles. The molecule has 0 aliphatic rings. The highest BCUT2D eigenvalue weighted by Crippen LogP contribution is 2.25. The van der Waals surface area contributed by atoms with Crippen LogP contribution in [0.15, 0.2) is 16.6 Å². The maximum atomic E-state index is 13.8. The Labute approximate surface area is 110 Å². The van der Waals surface area contributed by atoms with Gasteiger partial charge in [-0.15, -0.1) is 0 Å². The zero-order valence-electron chi connectivity index (χ0n) is 10.7. The largest absolute Gasteiger partial charge is 0.297 e. The molecule has 0 spiro atoms. The highest BCUT2D eigenvalue weighted by molar-refractivity contribution is 9.10. The van der Waals surface area contributed by atoms with Gasteiger partial charge in [0.2, 0.25) is 0 Å². The van der Waals surface area contributed by atoms with E-state index in [2.05, 4.69) is 36.7 Å². The van der Waals surface area contributed by atoms with E-state index in [-0.39, 0.29) is 17.6 Å². The minimum absolute atomic E-state index is 0.0821. The maximum absolute atomic E-state index is 13.8. The molecule has 17 heavy (non-hydrogen) atoms. The van der Waals surface area contributed by atoms with Crippen LogP contribution in [0.4, 0.5) is 8.78 Å². The minimum atomic E-state index is -0.510. The first-order chi connectivity index (χ1) is 7.79. The topological polar surface area (TPSA) is 3.24 Å². The van der Waals surface area contributed by atoms with E-state index in [9.17, 15) is 8.78 Å². The van der Waals surface area contributed by atoms with E-state index in [4.69, 9.17) is 0 Å². The molecule has 0 radical (unpaired) electrons. The average molecular weight is 306 g/mol. The molecule has 1 aromatic rings. The van der Waals surface area contributed by atoms with Crippen LogP contribution in [0.3, 0.4) is 0 Å². The molecule has 0 bridgehead atoms. The Morgan fingerprint density at radius 3 is 2.41 bits per heavy atom. The van der Waals surface area contributed by atoms with Gasteiger partial charge < -0.3 is 0 Å². The lowest BCUT2D eigenvalue weighted by molar-refractivity contribution is 0.139. The zero-order chi connectivity index (χ0) is 13.2. The van der Waals surface area contributed by atoms with Crippen molar-refractivity contribution in [3.63, 3.8) is 0 Å². The highest BCUT2D eigenvalue weighted by atomic mass is 79.9. The quantitative estimate of drug-likeness (QED) is 0.748. The summed E-state index contributed by atoms with van der Waals surface area (Å²) in [5.41, 5.74) is 0.0321. The number of halogens is 3. The molecule has 0 aliphatic heterocycles. The molecule has 0 N–H and O–H groups in total. The summed E-state index contributed by atoms with van der Waals surface area (Å²) in [6, 6.07) is 2.68. The van der Waals surface area contributed by atoms with Crippen molar-refractivity contribution >= 4 is 15.9 Å². The number of hydrogen-bond donors (Lipinski definition) is 0. The fourth-order valence-electron chi connectivity index (χ4n) is 1.44. The first-order valence-corrected chi connectivity index (χ1v) is 6.42. The Bertz CT molecular complexity index is 405. The van der Waals surface area contributed by atoms with Gasteiger partial charge in [0.25, 0.3) is 0 Å². The van der Waals surface area contributed by atoms with E-state index in [0.29, 0.717) is 4.47 Å². The number of benzene rings is 1. The fourth-order valence-corrected chi connectivity index (χ4v) is 1.81. The van der Waals surface area contributed by atoms with E-state index < -0.39 is 11.6 Å². The molecule has 1 nitrogen and oxygen atoms in total. The predicted octanol–water partition coefficient (Wildman–Crippen LogP) is 4.35. The number of nitrogens with zero attached hydrogens (tertiary/aromatic N) is 1. The van der Waals surface area contributed by atoms with Gasteiger partial charge >= 0.3 is 0 Å². The molecule has 1 rings (SSSR count). The number of hydrogen-bond acceptors (Lipinski definition) is 1. The van der Waals surface area contributed by atoms with Gasteiger partial charge in [-0.1, -0.05) is 6.92 Å². The van der Waals surface area contributed by atoms with Crippen molar-refractivity contribution in [1.82, 2.24) is 4.90 Å². The molecule has 4 heteroatoms. The summed E-state index contributed by atoms with van der Waals surface area (Å²) in [5, 5.41) is 0. The Kier molecular flexibility index (Phi) is 4.67. The molecule has 0 aliphatic carbocycles. The predicted molar refractivity (Wildman–Crippen MR) is 69.9 cm³/mol. The van der Waals surface area contributed by atoms with Crippen molar-refractivity contribution in [3.8, 4) is 0 Å². The SMILES string of the molecule is CCC(C)(C)N(C)Cc1c(F)ccc(Br)c1F. The van der Waals surface area contributed by atoms with Gasteiger partial charge in [0.15, 0.2) is 0 Å². The Hall–Kier alpha value is -0.480. The van der Waals surface area contributed by atoms with Gasteiger partial charge in [0, 0.05) is 17.6 Å². The summed E-state index contributed by atoms with van der Waals surface area (Å²) in [4.78, 5) is 1.96. The van der Waals surface area contributed by atoms with Gasteiger partial charge in [-0.05, 0) is 55.4 Å². The molecule has 0 saturated heterocycles. The van der Waals surface area contributed by atoms with Crippen LogP contribution in [0, 0.1) is 11.6 Å². The van der Waals surface area contributed by atoms with Crippen LogP contribution in [0.2, 0.25) is 0 Å². The first-order valence-electron chi connectivity index (χ1n) is 5.63. The van der Waals surface area contributed by atoms with Crippen LogP contribution in [-0.2, 0) is 6.54 Å². The summed E-state index contributed by atoms with van der Waals surface area (Å²) in [6.07, 6.45) is 0.917. The Balaban J connectivity index is 3.00. The molecular weight excluding hydrogens is 288 g/mol. The summed E-state index contributed by atoms with van der Waals surface area (Å²) in [7, 11) is 1.88. The summed E-state index contributed by atoms with van der Waals surface area (Å²) in [6.45, 7) is 6.43. The van der Waals surface area contributed by atoms with E-state index in [1.54, 1.807) is 0 Å². The third-order valence-electron chi connectivity index (χ3n) is 3.43. The molecule has 1 aromatic carbocycles. The minimum Gasteiger partial charge on any atom is -0.297 e. The van der Waals surface area contributed by atoms with Crippen molar-refractivity contribution in [1.29, 1.82) is 0 Å². The third-order valence-corrected chi connectivity index (χ3v) is 4.05. The van der Waals surface area contributed by atoms with Crippen LogP contribution in [0.1, 0.15) is 32.8 Å². The van der Waals surface area contributed by atoms with Crippen molar-refractivity contribution in [2.24, 2.45) is 0 Å². The second-order valence-electron chi connectivity index (χ2n) is 4.84. The molecule has 0 saturated carbocycles. The second-order valence-corrected chi connectivity index (χ2v) is 5.70. The van der Waals surface area contributed by atoms with Gasteiger partial charge in [-0.25, -0.2) is 8.78 Å². The smallest absolute Gasteiger partial charge is 0.144 e. The lowest BCUT2D eigenvalue weighted by atomic mass is 9.99. The van der Waals surface area contributed by atoms with E-state index in [1.165, 1.54) is 12.1 Å². The van der Waals surface area contributed by atoms with Crippen LogP contribution in [0.25, 0.3) is 0 Å². The molecule has 96 valence electrons. The Morgan fingerprint density at radius 1 is 1.29 bits per heavy atom. The van der Waals surface area contributed by atoms with Gasteiger partial charge in [-0.2, -0.15) is 0 Å². The molecule has 0 aromatic heterocycles. The van der Waals surface area contributed by atoms with Crippen molar-refractivity contribution in [2.75, 3.05) is 7.05 Å². The van der Waals surface area contributed by atoms with Crippen molar-refractivity contribution < 1.29 is 8.78 Å². The summed E-state index contributed by atoms with van der Waals surface area (Å²) in [5.74, 6) is -1.01. The van der Waals surface area contributed by atoms with Crippen LogP contribution >= 0.6 is 15.9 Å². The molecule has 0 amide bonds. The van der Waals surface area contributed by atoms with Crippen LogP contribution in [-0.4, -0.2) is 17.5 Å². The maximum Gasteiger partial charge on any atom is 0.144 e. The second kappa shape index (κ2) is 5.44. The molecule has 0 unspecified atom stereocenters. The third kappa shape index (κ3) is 3.26. The van der Waals surface area contributed by atoms with Crippen LogP contribution in [0.5, 0.6) is 0 Å². The van der Waals surface area contributed by atoms with Gasteiger partial charge in [-0.3, -0.25) is 4.90 Å². The summed E-state index contributed by atoms with van der Waals surface area (Å²) >= 11 is 3.08. The molecule has 0 atom stereocenters. The normalized spacial score (nSPS) is 12.2. The van der Waals surface area contributed by atoms with Crippen molar-refractivity contribution in [3.05, 3.63) is 33.8 Å². The van der Waals surface area contributed by atoms with E-state index in [0.717, 1.165) is 6.42 Å². The first kappa shape index (κ1) is 14.6. The monoisotopic (exact) mass is 305 g/mol.